The van der Waals surface area contributed by atoms with E-state index in [-0.39, 0.29) is 19.0 Å². The number of aromatic nitrogens is 2. The lowest BCUT2D eigenvalue weighted by Crippen LogP contribution is -2.63. The Bertz CT molecular complexity index is 1060. The summed E-state index contributed by atoms with van der Waals surface area (Å²) < 4.78 is 16.1. The van der Waals surface area contributed by atoms with Gasteiger partial charge in [0, 0.05) is 16.7 Å². The predicted octanol–water partition coefficient (Wildman–Crippen LogP) is -4.05. The van der Waals surface area contributed by atoms with Crippen LogP contribution in [0.3, 0.4) is 0 Å². The molecule has 0 spiro atoms. The molecule has 10 atom stereocenters. The fourth-order valence-electron chi connectivity index (χ4n) is 4.36. The van der Waals surface area contributed by atoms with Crippen molar-refractivity contribution in [1.29, 1.82) is 0 Å². The highest BCUT2D eigenvalue weighted by molar-refractivity contribution is 5.92. The van der Waals surface area contributed by atoms with E-state index in [4.69, 9.17) is 19.9 Å². The van der Waals surface area contributed by atoms with Crippen LogP contribution >= 0.6 is 0 Å². The van der Waals surface area contributed by atoms with E-state index < -0.39 is 73.5 Å². The SMILES string of the molecule is NC1[C@@H](O)OC(CO)[C@@H](O)[C@H]1COC[C@@H]1OC(C(=O)NNc2nncc3ccccc23)[C@@H](O)[C@@H](O)C1O. The fraction of sp³-hybridized carbons (Fsp3) is 0.591. The number of anilines is 1. The summed E-state index contributed by atoms with van der Waals surface area (Å²) in [6.45, 7) is -1.12. The third-order valence-electron chi connectivity index (χ3n) is 6.58. The fourth-order valence-corrected chi connectivity index (χ4v) is 4.36. The summed E-state index contributed by atoms with van der Waals surface area (Å²) in [4.78, 5) is 12.8. The topological polar surface area (TPSA) is 242 Å². The number of nitrogens with two attached hydrogens (primary N) is 1. The number of benzene rings is 1. The van der Waals surface area contributed by atoms with E-state index in [1.807, 2.05) is 12.1 Å². The lowest BCUT2D eigenvalue weighted by Gasteiger charge is -2.42. The molecule has 10 N–H and O–H groups in total. The van der Waals surface area contributed by atoms with E-state index >= 15 is 0 Å². The van der Waals surface area contributed by atoms with Crippen LogP contribution in [0.15, 0.2) is 30.5 Å². The van der Waals surface area contributed by atoms with Crippen LogP contribution in [0.1, 0.15) is 0 Å². The van der Waals surface area contributed by atoms with Crippen LogP contribution in [-0.4, -0.2) is 122 Å². The highest BCUT2D eigenvalue weighted by atomic mass is 16.6. The molecule has 4 unspecified atom stereocenters. The summed E-state index contributed by atoms with van der Waals surface area (Å²) in [5.74, 6) is -1.44. The number of amides is 1. The number of hydrazine groups is 1. The van der Waals surface area contributed by atoms with Crippen molar-refractivity contribution in [2.24, 2.45) is 11.7 Å². The molecule has 0 bridgehead atoms. The number of carbonyl (C=O) groups excluding carboxylic acids is 1. The van der Waals surface area contributed by atoms with Gasteiger partial charge in [-0.2, -0.15) is 5.10 Å². The van der Waals surface area contributed by atoms with Crippen molar-refractivity contribution >= 4 is 22.5 Å². The molecular formula is C22H31N5O10. The Morgan fingerprint density at radius 3 is 2.51 bits per heavy atom. The molecular weight excluding hydrogens is 494 g/mol. The quantitative estimate of drug-likeness (QED) is 0.149. The third-order valence-corrected chi connectivity index (χ3v) is 6.58. The van der Waals surface area contributed by atoms with Gasteiger partial charge >= 0.3 is 0 Å². The Morgan fingerprint density at radius 1 is 1.00 bits per heavy atom. The number of hydrogen-bond acceptors (Lipinski definition) is 14. The molecule has 204 valence electrons. The highest BCUT2D eigenvalue weighted by Gasteiger charge is 2.47. The summed E-state index contributed by atoms with van der Waals surface area (Å²) in [6.07, 6.45) is -10.1. The Hall–Kier alpha value is -2.57. The summed E-state index contributed by atoms with van der Waals surface area (Å²) in [7, 11) is 0. The van der Waals surface area contributed by atoms with Gasteiger partial charge in [-0.3, -0.25) is 15.6 Å². The first-order chi connectivity index (χ1) is 17.7. The van der Waals surface area contributed by atoms with Gasteiger partial charge in [0.2, 0.25) is 0 Å². The molecule has 1 aromatic heterocycles. The summed E-state index contributed by atoms with van der Waals surface area (Å²) in [6, 6.07) is 6.15. The van der Waals surface area contributed by atoms with Crippen molar-refractivity contribution in [1.82, 2.24) is 15.6 Å². The first-order valence-corrected chi connectivity index (χ1v) is 11.6. The third kappa shape index (κ3) is 5.80. The van der Waals surface area contributed by atoms with E-state index in [2.05, 4.69) is 21.0 Å². The second-order valence-electron chi connectivity index (χ2n) is 8.98. The van der Waals surface area contributed by atoms with Crippen molar-refractivity contribution in [2.45, 2.75) is 55.1 Å². The first-order valence-electron chi connectivity index (χ1n) is 11.6. The lowest BCUT2D eigenvalue weighted by molar-refractivity contribution is -0.248. The van der Waals surface area contributed by atoms with E-state index in [0.717, 1.165) is 5.39 Å². The minimum absolute atomic E-state index is 0.220. The number of hydrogen-bond donors (Lipinski definition) is 9. The number of nitrogens with one attached hydrogen (secondary N) is 2. The smallest absolute Gasteiger partial charge is 0.270 e. The van der Waals surface area contributed by atoms with Crippen molar-refractivity contribution in [3.63, 3.8) is 0 Å². The molecule has 2 aliphatic rings. The Labute approximate surface area is 210 Å². The van der Waals surface area contributed by atoms with Crippen molar-refractivity contribution in [3.8, 4) is 0 Å². The van der Waals surface area contributed by atoms with Crippen molar-refractivity contribution in [3.05, 3.63) is 30.5 Å². The number of ether oxygens (including phenoxy) is 3. The maximum atomic E-state index is 12.8. The molecule has 0 saturated carbocycles. The Balaban J connectivity index is 1.36. The van der Waals surface area contributed by atoms with Crippen LogP contribution in [0.2, 0.25) is 0 Å². The zero-order chi connectivity index (χ0) is 26.7. The normalized spacial score (nSPS) is 36.3. The molecule has 2 saturated heterocycles. The van der Waals surface area contributed by atoms with Crippen LogP contribution in [0.5, 0.6) is 0 Å². The summed E-state index contributed by atoms with van der Waals surface area (Å²) in [5.41, 5.74) is 10.9. The van der Waals surface area contributed by atoms with Crippen molar-refractivity contribution < 1.29 is 49.6 Å². The van der Waals surface area contributed by atoms with Crippen LogP contribution in [0, 0.1) is 5.92 Å². The highest BCUT2D eigenvalue weighted by Crippen LogP contribution is 2.26. The second-order valence-corrected chi connectivity index (χ2v) is 8.98. The monoisotopic (exact) mass is 525 g/mol. The molecule has 37 heavy (non-hydrogen) atoms. The Kier molecular flexibility index (Phi) is 8.81. The summed E-state index contributed by atoms with van der Waals surface area (Å²) >= 11 is 0. The van der Waals surface area contributed by atoms with Crippen LogP contribution in [-0.2, 0) is 19.0 Å². The number of carbonyl (C=O) groups is 1. The van der Waals surface area contributed by atoms with Gasteiger partial charge in [0.1, 0.15) is 30.5 Å². The van der Waals surface area contributed by atoms with Gasteiger partial charge in [0.25, 0.3) is 5.91 Å². The zero-order valence-corrected chi connectivity index (χ0v) is 19.6. The van der Waals surface area contributed by atoms with E-state index in [1.165, 1.54) is 0 Å². The molecule has 3 heterocycles. The average Bonchev–Trinajstić information content (AvgIpc) is 2.91. The van der Waals surface area contributed by atoms with Crippen LogP contribution in [0.25, 0.3) is 10.8 Å². The molecule has 1 aromatic carbocycles. The number of nitrogens with zero attached hydrogens (tertiary/aromatic N) is 2. The predicted molar refractivity (Wildman–Crippen MR) is 124 cm³/mol. The van der Waals surface area contributed by atoms with Crippen LogP contribution < -0.4 is 16.6 Å². The van der Waals surface area contributed by atoms with Gasteiger partial charge in [-0.15, -0.1) is 5.10 Å². The molecule has 0 radical (unpaired) electrons. The van der Waals surface area contributed by atoms with Gasteiger partial charge in [-0.1, -0.05) is 24.3 Å². The minimum Gasteiger partial charge on any atom is -0.394 e. The number of aliphatic hydroxyl groups is 6. The average molecular weight is 526 g/mol. The minimum atomic E-state index is -1.75. The molecule has 2 aromatic rings. The van der Waals surface area contributed by atoms with E-state index in [9.17, 15) is 35.4 Å². The molecule has 0 aliphatic carbocycles. The number of aliphatic hydroxyl groups excluding tert-OH is 6. The number of fused-ring (bicyclic) bond motifs is 1. The molecule has 4 rings (SSSR count). The second kappa shape index (κ2) is 11.9. The van der Waals surface area contributed by atoms with Crippen LogP contribution in [0.4, 0.5) is 5.82 Å². The van der Waals surface area contributed by atoms with Crippen molar-refractivity contribution in [2.75, 3.05) is 25.2 Å². The zero-order valence-electron chi connectivity index (χ0n) is 19.6. The van der Waals surface area contributed by atoms with Gasteiger partial charge < -0.3 is 50.6 Å². The molecule has 15 nitrogen and oxygen atoms in total. The molecule has 2 aliphatic heterocycles. The standard InChI is InChI=1S/C22H31N5O10/c23-14-11(15(29)12(6-28)37-22(14)34)7-35-8-13-16(30)17(31)18(32)19(36-13)21(33)27-26-20-10-4-2-1-3-9(10)5-24-25-20/h1-5,11-19,22,28-32,34H,6-8,23H2,(H,25,26)(H,27,33)/t11-,12?,13-,14?,15-,16?,17-,18-,19?,22-/m0/s1. The first kappa shape index (κ1) is 27.5. The van der Waals surface area contributed by atoms with Gasteiger partial charge in [0.15, 0.2) is 18.2 Å². The summed E-state index contributed by atoms with van der Waals surface area (Å²) in [5, 5.41) is 69.8. The van der Waals surface area contributed by atoms with Gasteiger partial charge in [-0.05, 0) is 0 Å². The van der Waals surface area contributed by atoms with E-state index in [1.54, 1.807) is 18.3 Å². The Morgan fingerprint density at radius 2 is 1.76 bits per heavy atom. The van der Waals surface area contributed by atoms with Gasteiger partial charge in [-0.25, -0.2) is 0 Å². The maximum absolute atomic E-state index is 12.8. The molecule has 1 amide bonds. The molecule has 2 fully saturated rings. The number of rotatable bonds is 8. The largest absolute Gasteiger partial charge is 0.394 e. The van der Waals surface area contributed by atoms with Gasteiger partial charge in [0.05, 0.1) is 38.2 Å². The maximum Gasteiger partial charge on any atom is 0.270 e. The molecule has 15 heteroatoms. The lowest BCUT2D eigenvalue weighted by atomic mass is 9.88. The van der Waals surface area contributed by atoms with E-state index in [0.29, 0.717) is 5.39 Å².